The minimum absolute atomic E-state index is 0.0250. The molecule has 306 valence electrons. The minimum atomic E-state index is -3.96. The number of aromatic nitrogens is 4. The summed E-state index contributed by atoms with van der Waals surface area (Å²) in [6.45, 7) is 0.695. The molecule has 0 radical (unpaired) electrons. The van der Waals surface area contributed by atoms with Crippen molar-refractivity contribution >= 4 is 26.3 Å². The first-order valence-corrected chi connectivity index (χ1v) is 20.7. The molecule has 58 heavy (non-hydrogen) atoms. The van der Waals surface area contributed by atoms with Gasteiger partial charge in [-0.2, -0.15) is 18.8 Å². The minimum Gasteiger partial charge on any atom is -0.497 e. The highest BCUT2D eigenvalue weighted by Gasteiger charge is 2.29. The average molecular weight is 831 g/mol. The Balaban J connectivity index is 0.000000221. The van der Waals surface area contributed by atoms with Gasteiger partial charge in [-0.1, -0.05) is 48.5 Å². The number of hydrogen-bond donors (Lipinski definition) is 0. The number of sulfonamides is 2. The highest BCUT2D eigenvalue weighted by molar-refractivity contribution is 7.89. The largest absolute Gasteiger partial charge is 0.497 e. The summed E-state index contributed by atoms with van der Waals surface area (Å²) in [5, 5.41) is 7.97. The topological polar surface area (TPSA) is 164 Å². The molecule has 0 aliphatic carbocycles. The summed E-state index contributed by atoms with van der Waals surface area (Å²) in [4.78, 5) is 11.1. The van der Waals surface area contributed by atoms with Gasteiger partial charge < -0.3 is 18.9 Å². The zero-order valence-corrected chi connectivity index (χ0v) is 34.7. The Morgan fingerprint density at radius 2 is 0.845 bits per heavy atom. The van der Waals surface area contributed by atoms with Crippen molar-refractivity contribution in [1.82, 2.24) is 28.2 Å². The number of carbonyl (C=O) groups is 1. The quantitative estimate of drug-likeness (QED) is 0.107. The number of benzene rings is 4. The first-order chi connectivity index (χ1) is 27.8. The van der Waals surface area contributed by atoms with Gasteiger partial charge in [0.1, 0.15) is 28.7 Å². The van der Waals surface area contributed by atoms with Crippen molar-refractivity contribution in [2.24, 2.45) is 14.1 Å². The number of aryl methyl sites for hydroxylation is 2. The molecule has 2 heterocycles. The second-order valence-corrected chi connectivity index (χ2v) is 16.7. The second kappa shape index (κ2) is 19.4. The predicted molar refractivity (Wildman–Crippen MR) is 217 cm³/mol. The van der Waals surface area contributed by atoms with E-state index in [9.17, 15) is 21.6 Å². The Bertz CT molecular complexity index is 2370. The number of rotatable bonds is 17. The fraction of sp³-hybridized carbons (Fsp3) is 0.244. The smallest absolute Gasteiger partial charge is 0.263 e. The number of aldehydes is 1. The van der Waals surface area contributed by atoms with Crippen LogP contribution in [0.1, 0.15) is 32.7 Å². The molecule has 0 amide bonds. The molecule has 0 saturated heterocycles. The van der Waals surface area contributed by atoms with Crippen LogP contribution in [0.5, 0.6) is 23.0 Å². The summed E-state index contributed by atoms with van der Waals surface area (Å²) in [5.41, 5.74) is 3.48. The van der Waals surface area contributed by atoms with E-state index in [1.807, 2.05) is 72.8 Å². The molecule has 0 aliphatic rings. The Labute approximate surface area is 339 Å². The van der Waals surface area contributed by atoms with Crippen molar-refractivity contribution in [2.45, 2.75) is 36.2 Å². The SMILES string of the molecule is COc1ccc(CN(Cc2ccc(OC)cc2)S(=O)(=O)c2cc(C=O)n(C)n2)cc1.COc1ccc(CN(Cc2ccc(OC)cc2)S(=O)(=O)c2ccn(C)n2)cc1. The molecule has 2 aromatic heterocycles. The molecule has 0 unspecified atom stereocenters. The highest BCUT2D eigenvalue weighted by atomic mass is 32.2. The molecule has 0 bridgehead atoms. The normalized spacial score (nSPS) is 11.5. The summed E-state index contributed by atoms with van der Waals surface area (Å²) in [5.74, 6) is 2.81. The Morgan fingerprint density at radius 3 is 1.10 bits per heavy atom. The van der Waals surface area contributed by atoms with Crippen LogP contribution in [0.2, 0.25) is 0 Å². The summed E-state index contributed by atoms with van der Waals surface area (Å²) in [6, 6.07) is 31.8. The van der Waals surface area contributed by atoms with Gasteiger partial charge in [0, 0.05) is 52.5 Å². The van der Waals surface area contributed by atoms with Crippen molar-refractivity contribution in [3.63, 3.8) is 0 Å². The molecule has 17 heteroatoms. The zero-order valence-electron chi connectivity index (χ0n) is 33.0. The Kier molecular flexibility index (Phi) is 14.4. The number of ether oxygens (including phenoxy) is 4. The monoisotopic (exact) mass is 830 g/mol. The van der Waals surface area contributed by atoms with E-state index in [-0.39, 0.29) is 41.9 Å². The van der Waals surface area contributed by atoms with Crippen molar-refractivity contribution in [3.8, 4) is 23.0 Å². The fourth-order valence-corrected chi connectivity index (χ4v) is 8.44. The summed E-state index contributed by atoms with van der Waals surface area (Å²) < 4.78 is 79.3. The molecular weight excluding hydrogens is 785 g/mol. The molecule has 0 saturated carbocycles. The van der Waals surface area contributed by atoms with Crippen LogP contribution in [0, 0.1) is 0 Å². The zero-order chi connectivity index (χ0) is 41.9. The van der Waals surface area contributed by atoms with Gasteiger partial charge in [0.25, 0.3) is 20.0 Å². The molecule has 6 rings (SSSR count). The third kappa shape index (κ3) is 10.9. The molecule has 0 spiro atoms. The van der Waals surface area contributed by atoms with Crippen molar-refractivity contribution in [3.05, 3.63) is 143 Å². The van der Waals surface area contributed by atoms with E-state index in [1.165, 1.54) is 37.2 Å². The van der Waals surface area contributed by atoms with Gasteiger partial charge in [-0.15, -0.1) is 0 Å². The number of nitrogens with zero attached hydrogens (tertiary/aromatic N) is 6. The maximum Gasteiger partial charge on any atom is 0.263 e. The van der Waals surface area contributed by atoms with Crippen molar-refractivity contribution < 1.29 is 40.6 Å². The maximum atomic E-state index is 13.4. The van der Waals surface area contributed by atoms with Crippen LogP contribution >= 0.6 is 0 Å². The number of methoxy groups -OCH3 is 4. The number of hydrogen-bond acceptors (Lipinski definition) is 11. The van der Waals surface area contributed by atoms with E-state index in [0.29, 0.717) is 17.8 Å². The van der Waals surface area contributed by atoms with E-state index in [1.54, 1.807) is 65.9 Å². The predicted octanol–water partition coefficient (Wildman–Crippen LogP) is 5.47. The average Bonchev–Trinajstić information content (AvgIpc) is 3.87. The van der Waals surface area contributed by atoms with Gasteiger partial charge in [-0.05, 0) is 76.9 Å². The molecule has 15 nitrogen and oxygen atoms in total. The van der Waals surface area contributed by atoms with Gasteiger partial charge in [0.15, 0.2) is 16.3 Å². The second-order valence-electron chi connectivity index (χ2n) is 12.9. The first kappa shape index (κ1) is 43.1. The van der Waals surface area contributed by atoms with Gasteiger partial charge in [0.2, 0.25) is 0 Å². The van der Waals surface area contributed by atoms with Crippen LogP contribution in [0.4, 0.5) is 0 Å². The van der Waals surface area contributed by atoms with E-state index in [4.69, 9.17) is 18.9 Å². The van der Waals surface area contributed by atoms with Gasteiger partial charge in [-0.25, -0.2) is 16.8 Å². The lowest BCUT2D eigenvalue weighted by Crippen LogP contribution is -2.30. The molecule has 0 atom stereocenters. The lowest BCUT2D eigenvalue weighted by Gasteiger charge is -2.21. The van der Waals surface area contributed by atoms with Crippen LogP contribution in [-0.2, 0) is 60.3 Å². The lowest BCUT2D eigenvalue weighted by atomic mass is 10.2. The van der Waals surface area contributed by atoms with Crippen LogP contribution in [0.25, 0.3) is 0 Å². The summed E-state index contributed by atoms with van der Waals surface area (Å²) in [6.07, 6.45) is 2.19. The highest BCUT2D eigenvalue weighted by Crippen LogP contribution is 2.25. The van der Waals surface area contributed by atoms with E-state index in [2.05, 4.69) is 10.2 Å². The van der Waals surface area contributed by atoms with Crippen LogP contribution in [-0.4, -0.2) is 79.7 Å². The molecule has 0 N–H and O–H groups in total. The first-order valence-electron chi connectivity index (χ1n) is 17.8. The van der Waals surface area contributed by atoms with E-state index < -0.39 is 20.0 Å². The molecule has 6 aromatic rings. The number of carbonyl (C=O) groups excluding carboxylic acids is 1. The molecule has 0 fully saturated rings. The van der Waals surface area contributed by atoms with Crippen molar-refractivity contribution in [2.75, 3.05) is 28.4 Å². The van der Waals surface area contributed by atoms with Gasteiger partial charge in [0.05, 0.1) is 28.4 Å². The van der Waals surface area contributed by atoms with Crippen molar-refractivity contribution in [1.29, 1.82) is 0 Å². The Morgan fingerprint density at radius 1 is 0.517 bits per heavy atom. The van der Waals surface area contributed by atoms with E-state index in [0.717, 1.165) is 33.8 Å². The third-order valence-corrected chi connectivity index (χ3v) is 12.3. The van der Waals surface area contributed by atoms with Crippen LogP contribution in [0.3, 0.4) is 0 Å². The standard InChI is InChI=1S/C21H23N3O5S.C20H23N3O4S/c1-23-18(15-25)12-21(22-23)30(26,27)24(13-16-4-8-19(28-2)9-5-16)14-17-6-10-20(29-3)11-7-17;1-22-13-12-20(21-22)28(24,25)23(14-16-4-8-18(26-2)9-5-16)15-17-6-10-19(27-3)11-7-17/h4-12,15H,13-14H2,1-3H3;4-13H,14-15H2,1-3H3. The third-order valence-electron chi connectivity index (χ3n) is 8.98. The molecule has 0 aliphatic heterocycles. The Hall–Kier alpha value is -6.01. The summed E-state index contributed by atoms with van der Waals surface area (Å²) in [7, 11) is 1.82. The van der Waals surface area contributed by atoms with Gasteiger partial charge >= 0.3 is 0 Å². The van der Waals surface area contributed by atoms with Crippen LogP contribution in [0.15, 0.2) is 125 Å². The summed E-state index contributed by atoms with van der Waals surface area (Å²) >= 11 is 0. The fourth-order valence-electron chi connectivity index (χ4n) is 5.68. The van der Waals surface area contributed by atoms with Gasteiger partial charge in [-0.3, -0.25) is 14.2 Å². The maximum absolute atomic E-state index is 13.4. The molecular formula is C41H46N6O9S2. The van der Waals surface area contributed by atoms with Crippen LogP contribution < -0.4 is 18.9 Å². The van der Waals surface area contributed by atoms with E-state index >= 15 is 0 Å². The molecule has 4 aromatic carbocycles. The lowest BCUT2D eigenvalue weighted by molar-refractivity contribution is 0.111.